The third-order valence-electron chi connectivity index (χ3n) is 5.64. The van der Waals surface area contributed by atoms with Gasteiger partial charge in [0.05, 0.1) is 13.2 Å². The first-order chi connectivity index (χ1) is 12.7. The Labute approximate surface area is 157 Å². The molecule has 2 fully saturated rings. The monoisotopic (exact) mass is 360 g/mol. The second-order valence-corrected chi connectivity index (χ2v) is 7.48. The average Bonchev–Trinajstić information content (AvgIpc) is 2.72. The van der Waals surface area contributed by atoms with E-state index >= 15 is 0 Å². The normalized spacial score (nSPS) is 20.7. The predicted molar refractivity (Wildman–Crippen MR) is 102 cm³/mol. The van der Waals surface area contributed by atoms with Gasteiger partial charge in [0.1, 0.15) is 12.4 Å². The van der Waals surface area contributed by atoms with Crippen LogP contribution in [0.5, 0.6) is 5.75 Å². The molecule has 1 aromatic rings. The molecule has 2 aliphatic heterocycles. The Morgan fingerprint density at radius 2 is 1.85 bits per heavy atom. The standard InChI is InChI=1S/C21H32N2O3/c1-18(17-26-20-5-3-2-4-6-20)22-11-9-19(10-12-22)7-8-21(24)23-13-15-25-16-14-23/h2-6,18-19H,7-17H2,1H3/t18-/m1/s1. The number of rotatable bonds is 7. The van der Waals surface area contributed by atoms with Crippen LogP contribution in [0.15, 0.2) is 30.3 Å². The van der Waals surface area contributed by atoms with E-state index in [0.29, 0.717) is 37.5 Å². The molecule has 144 valence electrons. The third-order valence-corrected chi connectivity index (χ3v) is 5.64. The van der Waals surface area contributed by atoms with Crippen LogP contribution in [0.25, 0.3) is 0 Å². The molecule has 1 aromatic carbocycles. The molecule has 2 heterocycles. The van der Waals surface area contributed by atoms with Gasteiger partial charge in [0.25, 0.3) is 0 Å². The van der Waals surface area contributed by atoms with Gasteiger partial charge in [-0.2, -0.15) is 0 Å². The summed E-state index contributed by atoms with van der Waals surface area (Å²) in [6, 6.07) is 10.4. The molecule has 3 rings (SSSR count). The number of hydrogen-bond acceptors (Lipinski definition) is 4. The van der Waals surface area contributed by atoms with Crippen molar-refractivity contribution in [1.29, 1.82) is 0 Å². The molecule has 0 aliphatic carbocycles. The Morgan fingerprint density at radius 1 is 1.15 bits per heavy atom. The first kappa shape index (κ1) is 19.2. The van der Waals surface area contributed by atoms with Crippen molar-refractivity contribution in [1.82, 2.24) is 9.80 Å². The van der Waals surface area contributed by atoms with Gasteiger partial charge >= 0.3 is 0 Å². The third kappa shape index (κ3) is 5.71. The van der Waals surface area contributed by atoms with Crippen LogP contribution < -0.4 is 4.74 Å². The van der Waals surface area contributed by atoms with Crippen LogP contribution in [0.4, 0.5) is 0 Å². The SMILES string of the molecule is C[C@H](COc1ccccc1)N1CCC(CCC(=O)N2CCOCC2)CC1. The number of nitrogens with zero attached hydrogens (tertiary/aromatic N) is 2. The van der Waals surface area contributed by atoms with Crippen LogP contribution in [0.1, 0.15) is 32.6 Å². The van der Waals surface area contributed by atoms with E-state index in [1.807, 2.05) is 35.2 Å². The van der Waals surface area contributed by atoms with Crippen LogP contribution in [0.2, 0.25) is 0 Å². The highest BCUT2D eigenvalue weighted by molar-refractivity contribution is 5.76. The van der Waals surface area contributed by atoms with Gasteiger partial charge in [-0.25, -0.2) is 0 Å². The molecule has 2 aliphatic rings. The minimum atomic E-state index is 0.306. The van der Waals surface area contributed by atoms with Gasteiger partial charge in [-0.15, -0.1) is 0 Å². The average molecular weight is 360 g/mol. The van der Waals surface area contributed by atoms with Crippen molar-refractivity contribution >= 4 is 5.91 Å². The fourth-order valence-electron chi connectivity index (χ4n) is 3.82. The number of likely N-dealkylation sites (tertiary alicyclic amines) is 1. The number of ether oxygens (including phenoxy) is 2. The number of para-hydroxylation sites is 1. The summed E-state index contributed by atoms with van der Waals surface area (Å²) in [5, 5.41) is 0. The first-order valence-electron chi connectivity index (χ1n) is 10.00. The summed E-state index contributed by atoms with van der Waals surface area (Å²) in [6.07, 6.45) is 4.09. The molecular weight excluding hydrogens is 328 g/mol. The number of carbonyl (C=O) groups excluding carboxylic acids is 1. The molecule has 0 radical (unpaired) electrons. The number of benzene rings is 1. The van der Waals surface area contributed by atoms with Crippen molar-refractivity contribution < 1.29 is 14.3 Å². The summed E-state index contributed by atoms with van der Waals surface area (Å²) in [6.45, 7) is 8.08. The molecule has 0 aromatic heterocycles. The number of hydrogen-bond donors (Lipinski definition) is 0. The van der Waals surface area contributed by atoms with E-state index in [1.54, 1.807) is 0 Å². The Kier molecular flexibility index (Phi) is 7.32. The molecule has 1 atom stereocenters. The highest BCUT2D eigenvalue weighted by Crippen LogP contribution is 2.24. The van der Waals surface area contributed by atoms with E-state index < -0.39 is 0 Å². The Balaban J connectivity index is 1.32. The zero-order valence-electron chi connectivity index (χ0n) is 15.9. The highest BCUT2D eigenvalue weighted by atomic mass is 16.5. The van der Waals surface area contributed by atoms with Gasteiger partial charge in [0.15, 0.2) is 0 Å². The van der Waals surface area contributed by atoms with Crippen molar-refractivity contribution in [2.75, 3.05) is 46.0 Å². The molecule has 0 bridgehead atoms. The van der Waals surface area contributed by atoms with E-state index in [9.17, 15) is 4.79 Å². The second kappa shape index (κ2) is 9.93. The molecule has 1 amide bonds. The first-order valence-corrected chi connectivity index (χ1v) is 10.00. The quantitative estimate of drug-likeness (QED) is 0.750. The second-order valence-electron chi connectivity index (χ2n) is 7.48. The Hall–Kier alpha value is -1.59. The molecule has 2 saturated heterocycles. The van der Waals surface area contributed by atoms with Crippen LogP contribution >= 0.6 is 0 Å². The highest BCUT2D eigenvalue weighted by Gasteiger charge is 2.24. The summed E-state index contributed by atoms with van der Waals surface area (Å²) >= 11 is 0. The zero-order chi connectivity index (χ0) is 18.2. The minimum Gasteiger partial charge on any atom is -0.492 e. The fraction of sp³-hybridized carbons (Fsp3) is 0.667. The molecule has 0 unspecified atom stereocenters. The summed E-state index contributed by atoms with van der Waals surface area (Å²) in [7, 11) is 0. The Bertz CT molecular complexity index is 537. The lowest BCUT2D eigenvalue weighted by atomic mass is 9.91. The van der Waals surface area contributed by atoms with E-state index in [0.717, 1.165) is 45.0 Å². The van der Waals surface area contributed by atoms with Crippen molar-refractivity contribution in [3.05, 3.63) is 30.3 Å². The van der Waals surface area contributed by atoms with E-state index in [2.05, 4.69) is 11.8 Å². The topological polar surface area (TPSA) is 42.0 Å². The zero-order valence-corrected chi connectivity index (χ0v) is 15.9. The van der Waals surface area contributed by atoms with Gasteiger partial charge in [0, 0.05) is 25.6 Å². The lowest BCUT2D eigenvalue weighted by Crippen LogP contribution is -2.43. The maximum Gasteiger partial charge on any atom is 0.222 e. The summed E-state index contributed by atoms with van der Waals surface area (Å²) < 4.78 is 11.2. The number of carbonyl (C=O) groups is 1. The van der Waals surface area contributed by atoms with Crippen molar-refractivity contribution in [2.24, 2.45) is 5.92 Å². The molecule has 26 heavy (non-hydrogen) atoms. The Morgan fingerprint density at radius 3 is 2.54 bits per heavy atom. The van der Waals surface area contributed by atoms with Crippen molar-refractivity contribution in [3.8, 4) is 5.75 Å². The van der Waals surface area contributed by atoms with E-state index in [4.69, 9.17) is 9.47 Å². The molecule has 0 saturated carbocycles. The smallest absolute Gasteiger partial charge is 0.222 e. The molecule has 5 heteroatoms. The van der Waals surface area contributed by atoms with Crippen molar-refractivity contribution in [3.63, 3.8) is 0 Å². The largest absolute Gasteiger partial charge is 0.492 e. The summed E-state index contributed by atoms with van der Waals surface area (Å²) in [5.74, 6) is 1.93. The van der Waals surface area contributed by atoms with E-state index in [-0.39, 0.29) is 0 Å². The van der Waals surface area contributed by atoms with Gasteiger partial charge in [-0.3, -0.25) is 9.69 Å². The van der Waals surface area contributed by atoms with Crippen LogP contribution in [-0.2, 0) is 9.53 Å². The number of morpholine rings is 1. The van der Waals surface area contributed by atoms with Gasteiger partial charge in [-0.1, -0.05) is 18.2 Å². The fourth-order valence-corrected chi connectivity index (χ4v) is 3.82. The van der Waals surface area contributed by atoms with Crippen LogP contribution in [0, 0.1) is 5.92 Å². The van der Waals surface area contributed by atoms with Gasteiger partial charge in [0.2, 0.25) is 5.91 Å². The van der Waals surface area contributed by atoms with Crippen molar-refractivity contribution in [2.45, 2.75) is 38.6 Å². The van der Waals surface area contributed by atoms with Crippen LogP contribution in [-0.4, -0.2) is 67.7 Å². The van der Waals surface area contributed by atoms with E-state index in [1.165, 1.54) is 12.8 Å². The predicted octanol–water partition coefficient (Wildman–Crippen LogP) is 2.80. The number of piperidine rings is 1. The molecule has 5 nitrogen and oxygen atoms in total. The van der Waals surface area contributed by atoms with Gasteiger partial charge in [-0.05, 0) is 57.3 Å². The minimum absolute atomic E-state index is 0.306. The lowest BCUT2D eigenvalue weighted by Gasteiger charge is -2.36. The maximum absolute atomic E-state index is 12.3. The maximum atomic E-state index is 12.3. The van der Waals surface area contributed by atoms with Gasteiger partial charge < -0.3 is 14.4 Å². The lowest BCUT2D eigenvalue weighted by molar-refractivity contribution is -0.135. The molecule has 0 N–H and O–H groups in total. The molecule has 0 spiro atoms. The summed E-state index contributed by atoms with van der Waals surface area (Å²) in [5.41, 5.74) is 0. The van der Waals surface area contributed by atoms with Crippen LogP contribution in [0.3, 0.4) is 0 Å². The molecular formula is C21H32N2O3. The summed E-state index contributed by atoms with van der Waals surface area (Å²) in [4.78, 5) is 16.8. The number of amides is 1.